The molecule has 1 amide bonds. The average molecular weight is 409 g/mol. The van der Waals surface area contributed by atoms with Crippen LogP contribution in [0.25, 0.3) is 20.7 Å². The molecule has 6 heteroatoms. The summed E-state index contributed by atoms with van der Waals surface area (Å²) in [6.45, 7) is 0.651. The van der Waals surface area contributed by atoms with E-state index in [-0.39, 0.29) is 5.91 Å². The van der Waals surface area contributed by atoms with Gasteiger partial charge in [-0.1, -0.05) is 49.6 Å². The fraction of sp³-hybridized carbons (Fsp3) is 0.435. The van der Waals surface area contributed by atoms with E-state index >= 15 is 0 Å². The number of amides is 1. The van der Waals surface area contributed by atoms with E-state index in [1.165, 1.54) is 29.7 Å². The first-order valence-electron chi connectivity index (χ1n) is 10.4. The maximum Gasteiger partial charge on any atom is 0.224 e. The number of carbonyl (C=O) groups is 1. The van der Waals surface area contributed by atoms with E-state index in [0.717, 1.165) is 28.9 Å². The molecule has 0 atom stereocenters. The second-order valence-corrected chi connectivity index (χ2v) is 8.89. The summed E-state index contributed by atoms with van der Waals surface area (Å²) in [6, 6.07) is 12.9. The zero-order valence-electron chi connectivity index (χ0n) is 17.2. The molecule has 152 valence electrons. The van der Waals surface area contributed by atoms with Gasteiger partial charge in [0.2, 0.25) is 5.91 Å². The van der Waals surface area contributed by atoms with Gasteiger partial charge in [-0.15, -0.1) is 11.3 Å². The fourth-order valence-electron chi connectivity index (χ4n) is 4.11. The molecule has 0 radical (unpaired) electrons. The van der Waals surface area contributed by atoms with Crippen LogP contribution in [0, 0.1) is 0 Å². The molecule has 5 nitrogen and oxygen atoms in total. The summed E-state index contributed by atoms with van der Waals surface area (Å²) >= 11 is 1.68. The summed E-state index contributed by atoms with van der Waals surface area (Å²) in [4.78, 5) is 27.9. The molecule has 0 aliphatic heterocycles. The predicted octanol–water partition coefficient (Wildman–Crippen LogP) is 4.98. The van der Waals surface area contributed by atoms with E-state index in [4.69, 9.17) is 0 Å². The Bertz CT molecular complexity index is 965. The van der Waals surface area contributed by atoms with E-state index in [0.29, 0.717) is 19.0 Å². The highest BCUT2D eigenvalue weighted by Crippen LogP contribution is 2.35. The van der Waals surface area contributed by atoms with Crippen LogP contribution in [0.5, 0.6) is 0 Å². The van der Waals surface area contributed by atoms with Crippen molar-refractivity contribution >= 4 is 33.3 Å². The summed E-state index contributed by atoms with van der Waals surface area (Å²) in [5.41, 5.74) is 1.19. The highest BCUT2D eigenvalue weighted by Gasteiger charge is 2.22. The van der Waals surface area contributed by atoms with E-state index in [1.807, 2.05) is 37.2 Å². The number of benzene rings is 1. The normalized spacial score (nSPS) is 14.8. The second kappa shape index (κ2) is 8.91. The Kier molecular flexibility index (Phi) is 6.09. The van der Waals surface area contributed by atoms with Gasteiger partial charge in [0, 0.05) is 38.0 Å². The van der Waals surface area contributed by atoms with Gasteiger partial charge in [-0.05, 0) is 24.5 Å². The molecule has 0 bridgehead atoms. The number of aromatic nitrogens is 2. The third-order valence-corrected chi connectivity index (χ3v) is 7.00. The van der Waals surface area contributed by atoms with Crippen molar-refractivity contribution in [2.24, 2.45) is 0 Å². The van der Waals surface area contributed by atoms with Crippen molar-refractivity contribution in [1.82, 2.24) is 14.9 Å². The molecule has 2 aromatic heterocycles. The molecule has 3 aromatic rings. The number of rotatable bonds is 6. The van der Waals surface area contributed by atoms with Gasteiger partial charge in [0.15, 0.2) is 0 Å². The average Bonchev–Trinajstić information content (AvgIpc) is 3.22. The molecule has 1 saturated carbocycles. The number of hydrogen-bond donors (Lipinski definition) is 0. The van der Waals surface area contributed by atoms with Crippen molar-refractivity contribution in [2.45, 2.75) is 44.6 Å². The van der Waals surface area contributed by atoms with Gasteiger partial charge in [0.25, 0.3) is 0 Å². The fourth-order valence-corrected chi connectivity index (χ4v) is 5.11. The summed E-state index contributed by atoms with van der Waals surface area (Å²) in [6.07, 6.45) is 8.19. The Morgan fingerprint density at radius 3 is 2.62 bits per heavy atom. The largest absolute Gasteiger partial charge is 0.359 e. The van der Waals surface area contributed by atoms with Crippen LogP contribution in [0.4, 0.5) is 5.82 Å². The van der Waals surface area contributed by atoms with Crippen LogP contribution in [0.3, 0.4) is 0 Å². The summed E-state index contributed by atoms with van der Waals surface area (Å²) < 4.78 is 0. The van der Waals surface area contributed by atoms with Crippen LogP contribution in [0.1, 0.15) is 38.5 Å². The molecule has 1 aliphatic carbocycles. The van der Waals surface area contributed by atoms with Gasteiger partial charge >= 0.3 is 0 Å². The first-order chi connectivity index (χ1) is 14.1. The van der Waals surface area contributed by atoms with E-state index < -0.39 is 0 Å². The van der Waals surface area contributed by atoms with E-state index in [1.54, 1.807) is 17.7 Å². The quantitative estimate of drug-likeness (QED) is 0.577. The van der Waals surface area contributed by atoms with Crippen molar-refractivity contribution in [3.8, 4) is 10.4 Å². The molecule has 1 fully saturated rings. The van der Waals surface area contributed by atoms with E-state index in [9.17, 15) is 4.79 Å². The maximum atomic E-state index is 12.7. The minimum Gasteiger partial charge on any atom is -0.359 e. The third-order valence-electron chi connectivity index (χ3n) is 5.91. The third kappa shape index (κ3) is 4.42. The molecule has 0 N–H and O–H groups in total. The van der Waals surface area contributed by atoms with Crippen molar-refractivity contribution in [3.05, 3.63) is 42.7 Å². The Balaban J connectivity index is 1.46. The number of nitrogens with zero attached hydrogens (tertiary/aromatic N) is 4. The summed E-state index contributed by atoms with van der Waals surface area (Å²) in [5, 5.41) is 1.05. The zero-order chi connectivity index (χ0) is 20.2. The first-order valence-corrected chi connectivity index (χ1v) is 11.2. The van der Waals surface area contributed by atoms with Gasteiger partial charge in [-0.3, -0.25) is 4.79 Å². The number of fused-ring (bicyclic) bond motifs is 1. The lowest BCUT2D eigenvalue weighted by molar-refractivity contribution is -0.132. The number of thiophene rings is 1. The van der Waals surface area contributed by atoms with Gasteiger partial charge in [0.05, 0.1) is 5.39 Å². The maximum absolute atomic E-state index is 12.7. The van der Waals surface area contributed by atoms with Crippen molar-refractivity contribution in [1.29, 1.82) is 0 Å². The van der Waals surface area contributed by atoms with Crippen LogP contribution in [0.15, 0.2) is 42.7 Å². The van der Waals surface area contributed by atoms with E-state index in [2.05, 4.69) is 33.1 Å². The number of carbonyl (C=O) groups excluding carboxylic acids is 1. The minimum absolute atomic E-state index is 0.226. The summed E-state index contributed by atoms with van der Waals surface area (Å²) in [7, 11) is 3.97. The van der Waals surface area contributed by atoms with Crippen molar-refractivity contribution in [3.63, 3.8) is 0 Å². The smallest absolute Gasteiger partial charge is 0.224 e. The molecule has 0 unspecified atom stereocenters. The SMILES string of the molecule is CN(CCC(=O)N(C)C1CCCCC1)c1ncnc2sc(-c3ccccc3)cc12. The Morgan fingerprint density at radius 2 is 1.86 bits per heavy atom. The molecular weight excluding hydrogens is 380 g/mol. The van der Waals surface area contributed by atoms with Crippen molar-refractivity contribution < 1.29 is 4.79 Å². The topological polar surface area (TPSA) is 49.3 Å². The van der Waals surface area contributed by atoms with Crippen LogP contribution in [-0.2, 0) is 4.79 Å². The Morgan fingerprint density at radius 1 is 1.10 bits per heavy atom. The predicted molar refractivity (Wildman–Crippen MR) is 120 cm³/mol. The summed E-state index contributed by atoms with van der Waals surface area (Å²) in [5.74, 6) is 1.12. The van der Waals surface area contributed by atoms with Gasteiger partial charge < -0.3 is 9.80 Å². The van der Waals surface area contributed by atoms with Gasteiger partial charge in [-0.25, -0.2) is 9.97 Å². The number of anilines is 1. The molecule has 2 heterocycles. The molecule has 4 rings (SSSR count). The van der Waals surface area contributed by atoms with Crippen LogP contribution >= 0.6 is 11.3 Å². The van der Waals surface area contributed by atoms with Crippen LogP contribution < -0.4 is 4.90 Å². The molecule has 29 heavy (non-hydrogen) atoms. The van der Waals surface area contributed by atoms with Crippen molar-refractivity contribution in [2.75, 3.05) is 25.5 Å². The second-order valence-electron chi connectivity index (χ2n) is 7.86. The van der Waals surface area contributed by atoms with Gasteiger partial charge in [-0.2, -0.15) is 0 Å². The molecular formula is C23H28N4OS. The molecule has 0 spiro atoms. The lowest BCUT2D eigenvalue weighted by atomic mass is 9.94. The first kappa shape index (κ1) is 19.8. The monoisotopic (exact) mass is 408 g/mol. The van der Waals surface area contributed by atoms with Crippen LogP contribution in [-0.4, -0.2) is 47.5 Å². The molecule has 0 saturated heterocycles. The Hall–Kier alpha value is -2.47. The highest BCUT2D eigenvalue weighted by molar-refractivity contribution is 7.21. The minimum atomic E-state index is 0.226. The molecule has 1 aromatic carbocycles. The standard InChI is InChI=1S/C23H28N4OS/c1-26(14-13-21(28)27(2)18-11-7-4-8-12-18)22-19-15-20(17-9-5-3-6-10-17)29-23(19)25-16-24-22/h3,5-6,9-10,15-16,18H,4,7-8,11-14H2,1-2H3. The Labute approximate surface area is 176 Å². The molecule has 1 aliphatic rings. The zero-order valence-corrected chi connectivity index (χ0v) is 18.0. The highest BCUT2D eigenvalue weighted by atomic mass is 32.1. The van der Waals surface area contributed by atoms with Crippen LogP contribution in [0.2, 0.25) is 0 Å². The number of hydrogen-bond acceptors (Lipinski definition) is 5. The lowest BCUT2D eigenvalue weighted by Gasteiger charge is -2.31. The van der Waals surface area contributed by atoms with Gasteiger partial charge in [0.1, 0.15) is 17.0 Å². The lowest BCUT2D eigenvalue weighted by Crippen LogP contribution is -2.39.